The summed E-state index contributed by atoms with van der Waals surface area (Å²) >= 11 is 0. The predicted octanol–water partition coefficient (Wildman–Crippen LogP) is 3.23. The van der Waals surface area contributed by atoms with E-state index < -0.39 is 0 Å². The molecule has 0 spiro atoms. The molecule has 2 aromatic rings. The van der Waals surface area contributed by atoms with Gasteiger partial charge in [-0.2, -0.15) is 0 Å². The van der Waals surface area contributed by atoms with Crippen molar-refractivity contribution in [3.05, 3.63) is 70.8 Å². The van der Waals surface area contributed by atoms with Crippen LogP contribution >= 0.6 is 0 Å². The van der Waals surface area contributed by atoms with E-state index in [1.807, 2.05) is 55.5 Å². The fraction of sp³-hybridized carbons (Fsp3) is 0.188. The maximum Gasteiger partial charge on any atom is 0.251 e. The van der Waals surface area contributed by atoms with E-state index in [1.165, 1.54) is 5.56 Å². The van der Waals surface area contributed by atoms with Gasteiger partial charge in [-0.25, -0.2) is 0 Å². The SMILES string of the molecule is Cc1ccc(CNC(=O)c2cccc(C)c2)cc1. The van der Waals surface area contributed by atoms with Crippen LogP contribution in [0.15, 0.2) is 48.5 Å². The van der Waals surface area contributed by atoms with Crippen molar-refractivity contribution in [2.45, 2.75) is 20.4 Å². The first-order valence-corrected chi connectivity index (χ1v) is 6.05. The van der Waals surface area contributed by atoms with Gasteiger partial charge in [0.25, 0.3) is 5.91 Å². The number of hydrogen-bond donors (Lipinski definition) is 1. The van der Waals surface area contributed by atoms with Crippen molar-refractivity contribution in [3.63, 3.8) is 0 Å². The molecule has 92 valence electrons. The van der Waals surface area contributed by atoms with Gasteiger partial charge in [-0.15, -0.1) is 0 Å². The number of carbonyl (C=O) groups is 1. The van der Waals surface area contributed by atoms with Crippen LogP contribution in [-0.4, -0.2) is 5.91 Å². The maximum atomic E-state index is 11.9. The molecule has 1 amide bonds. The largest absolute Gasteiger partial charge is 0.348 e. The number of nitrogens with one attached hydrogen (secondary N) is 1. The highest BCUT2D eigenvalue weighted by molar-refractivity contribution is 5.94. The Morgan fingerprint density at radius 3 is 2.39 bits per heavy atom. The normalized spacial score (nSPS) is 10.1. The van der Waals surface area contributed by atoms with Crippen LogP contribution in [0.5, 0.6) is 0 Å². The Balaban J connectivity index is 1.98. The average molecular weight is 239 g/mol. The van der Waals surface area contributed by atoms with Gasteiger partial charge in [-0.1, -0.05) is 47.5 Å². The monoisotopic (exact) mass is 239 g/mol. The third-order valence-corrected chi connectivity index (χ3v) is 2.85. The van der Waals surface area contributed by atoms with Crippen molar-refractivity contribution in [3.8, 4) is 0 Å². The Bertz CT molecular complexity index is 543. The molecule has 0 radical (unpaired) electrons. The smallest absolute Gasteiger partial charge is 0.251 e. The Kier molecular flexibility index (Phi) is 3.78. The third-order valence-electron chi connectivity index (χ3n) is 2.85. The zero-order chi connectivity index (χ0) is 13.0. The Morgan fingerprint density at radius 1 is 1.00 bits per heavy atom. The van der Waals surface area contributed by atoms with Crippen LogP contribution in [0, 0.1) is 13.8 Å². The summed E-state index contributed by atoms with van der Waals surface area (Å²) < 4.78 is 0. The number of rotatable bonds is 3. The molecule has 0 saturated carbocycles. The minimum atomic E-state index is -0.0284. The summed E-state index contributed by atoms with van der Waals surface area (Å²) in [5.41, 5.74) is 4.14. The zero-order valence-electron chi connectivity index (χ0n) is 10.7. The van der Waals surface area contributed by atoms with Gasteiger partial charge < -0.3 is 5.32 Å². The fourth-order valence-corrected chi connectivity index (χ4v) is 1.78. The van der Waals surface area contributed by atoms with E-state index in [0.29, 0.717) is 12.1 Å². The van der Waals surface area contributed by atoms with E-state index in [9.17, 15) is 4.79 Å². The lowest BCUT2D eigenvalue weighted by molar-refractivity contribution is 0.0951. The van der Waals surface area contributed by atoms with Crippen LogP contribution in [0.4, 0.5) is 0 Å². The minimum Gasteiger partial charge on any atom is -0.348 e. The highest BCUT2D eigenvalue weighted by atomic mass is 16.1. The number of hydrogen-bond acceptors (Lipinski definition) is 1. The van der Waals surface area contributed by atoms with Crippen molar-refractivity contribution in [1.29, 1.82) is 0 Å². The predicted molar refractivity (Wildman–Crippen MR) is 73.5 cm³/mol. The number of carbonyl (C=O) groups excluding carboxylic acids is 1. The van der Waals surface area contributed by atoms with Gasteiger partial charge in [0.15, 0.2) is 0 Å². The summed E-state index contributed by atoms with van der Waals surface area (Å²) in [5, 5.41) is 2.92. The van der Waals surface area contributed by atoms with Gasteiger partial charge in [-0.3, -0.25) is 4.79 Å². The molecular formula is C16H17NO. The first kappa shape index (κ1) is 12.4. The Hall–Kier alpha value is -2.09. The Morgan fingerprint density at radius 2 is 1.72 bits per heavy atom. The van der Waals surface area contributed by atoms with Crippen LogP contribution < -0.4 is 5.32 Å². The van der Waals surface area contributed by atoms with E-state index >= 15 is 0 Å². The Labute approximate surface area is 108 Å². The summed E-state index contributed by atoms with van der Waals surface area (Å²) in [6, 6.07) is 15.8. The first-order valence-electron chi connectivity index (χ1n) is 6.05. The van der Waals surface area contributed by atoms with Crippen LogP contribution in [0.25, 0.3) is 0 Å². The quantitative estimate of drug-likeness (QED) is 0.875. The molecule has 0 bridgehead atoms. The molecule has 0 aliphatic carbocycles. The van der Waals surface area contributed by atoms with Crippen molar-refractivity contribution in [2.75, 3.05) is 0 Å². The minimum absolute atomic E-state index is 0.0284. The lowest BCUT2D eigenvalue weighted by Gasteiger charge is -2.06. The van der Waals surface area contributed by atoms with Crippen molar-refractivity contribution in [2.24, 2.45) is 0 Å². The van der Waals surface area contributed by atoms with E-state index in [1.54, 1.807) is 0 Å². The van der Waals surface area contributed by atoms with E-state index in [0.717, 1.165) is 11.1 Å². The molecule has 0 unspecified atom stereocenters. The van der Waals surface area contributed by atoms with Gasteiger partial charge in [0, 0.05) is 12.1 Å². The van der Waals surface area contributed by atoms with Crippen molar-refractivity contribution in [1.82, 2.24) is 5.32 Å². The number of amides is 1. The second-order valence-electron chi connectivity index (χ2n) is 4.54. The topological polar surface area (TPSA) is 29.1 Å². The second kappa shape index (κ2) is 5.50. The number of benzene rings is 2. The molecule has 18 heavy (non-hydrogen) atoms. The fourth-order valence-electron chi connectivity index (χ4n) is 1.78. The van der Waals surface area contributed by atoms with E-state index in [-0.39, 0.29) is 5.91 Å². The number of aryl methyl sites for hydroxylation is 2. The molecule has 0 atom stereocenters. The molecule has 2 nitrogen and oxygen atoms in total. The summed E-state index contributed by atoms with van der Waals surface area (Å²) in [7, 11) is 0. The molecule has 0 heterocycles. The van der Waals surface area contributed by atoms with Crippen LogP contribution in [0.1, 0.15) is 27.0 Å². The summed E-state index contributed by atoms with van der Waals surface area (Å²) in [5.74, 6) is -0.0284. The molecule has 2 heteroatoms. The molecule has 0 saturated heterocycles. The molecule has 0 aromatic heterocycles. The highest BCUT2D eigenvalue weighted by Crippen LogP contribution is 2.05. The third kappa shape index (κ3) is 3.20. The molecule has 1 N–H and O–H groups in total. The molecular weight excluding hydrogens is 222 g/mol. The van der Waals surface area contributed by atoms with Crippen LogP contribution in [0.3, 0.4) is 0 Å². The summed E-state index contributed by atoms with van der Waals surface area (Å²) in [6.07, 6.45) is 0. The van der Waals surface area contributed by atoms with Gasteiger partial charge >= 0.3 is 0 Å². The maximum absolute atomic E-state index is 11.9. The molecule has 0 aliphatic heterocycles. The van der Waals surface area contributed by atoms with E-state index in [4.69, 9.17) is 0 Å². The van der Waals surface area contributed by atoms with Crippen LogP contribution in [-0.2, 0) is 6.54 Å². The van der Waals surface area contributed by atoms with Crippen LogP contribution in [0.2, 0.25) is 0 Å². The highest BCUT2D eigenvalue weighted by Gasteiger charge is 2.04. The van der Waals surface area contributed by atoms with Gasteiger partial charge in [0.2, 0.25) is 0 Å². The summed E-state index contributed by atoms with van der Waals surface area (Å²) in [4.78, 5) is 11.9. The molecule has 0 aliphatic rings. The molecule has 2 aromatic carbocycles. The first-order chi connectivity index (χ1) is 8.65. The molecule has 0 fully saturated rings. The average Bonchev–Trinajstić information content (AvgIpc) is 2.38. The summed E-state index contributed by atoms with van der Waals surface area (Å²) in [6.45, 7) is 4.60. The van der Waals surface area contributed by atoms with Crippen molar-refractivity contribution >= 4 is 5.91 Å². The van der Waals surface area contributed by atoms with Gasteiger partial charge in [0.1, 0.15) is 0 Å². The standard InChI is InChI=1S/C16H17NO/c1-12-6-8-14(9-7-12)11-17-16(18)15-5-3-4-13(2)10-15/h3-10H,11H2,1-2H3,(H,17,18). The lowest BCUT2D eigenvalue weighted by Crippen LogP contribution is -2.22. The van der Waals surface area contributed by atoms with Gasteiger partial charge in [-0.05, 0) is 31.5 Å². The van der Waals surface area contributed by atoms with Gasteiger partial charge in [0.05, 0.1) is 0 Å². The molecule has 2 rings (SSSR count). The lowest BCUT2D eigenvalue weighted by atomic mass is 10.1. The second-order valence-corrected chi connectivity index (χ2v) is 4.54. The van der Waals surface area contributed by atoms with Crippen molar-refractivity contribution < 1.29 is 4.79 Å². The van der Waals surface area contributed by atoms with E-state index in [2.05, 4.69) is 12.2 Å². The zero-order valence-corrected chi connectivity index (χ0v) is 10.7.